The van der Waals surface area contributed by atoms with Crippen molar-refractivity contribution < 1.29 is 51.8 Å². The van der Waals surface area contributed by atoms with Crippen LogP contribution < -0.4 is 0 Å². The van der Waals surface area contributed by atoms with E-state index in [1.54, 1.807) is 0 Å². The van der Waals surface area contributed by atoms with Crippen molar-refractivity contribution >= 4 is 31.7 Å². The Hall–Kier alpha value is -2.56. The number of hydrogen-bond donors (Lipinski definition) is 0. The molecule has 0 saturated carbocycles. The fourth-order valence-corrected chi connectivity index (χ4v) is 1.15. The lowest BCUT2D eigenvalue weighted by atomic mass is 10.3. The number of rotatable bonds is 0. The minimum atomic E-state index is -6.00. The van der Waals surface area contributed by atoms with Crippen LogP contribution in [-0.2, 0) is 0 Å². The Kier molecular flexibility index (Phi) is 26.9. The summed E-state index contributed by atoms with van der Waals surface area (Å²) in [4.78, 5) is 0. The van der Waals surface area contributed by atoms with Crippen LogP contribution in [0.2, 0.25) is 0 Å². The SMILES string of the molecule is F[B-](F)(F)F.F[B-](F)(F)F.F[B-](F)(F)F.P.c1ccccc1.c1ccccc1.c1ccccc1. The average molecular weight is 529 g/mol. The monoisotopic (exact) mass is 529 g/mol. The number of halogens is 12. The Morgan fingerprint density at radius 2 is 0.235 bits per heavy atom. The highest BCUT2D eigenvalue weighted by atomic mass is 31.0. The second-order valence-corrected chi connectivity index (χ2v) is 4.95. The van der Waals surface area contributed by atoms with Gasteiger partial charge < -0.3 is 51.8 Å². The largest absolute Gasteiger partial charge is 0.673 e. The Balaban J connectivity index is -0.000000158. The molecule has 0 N–H and O–H groups in total. The van der Waals surface area contributed by atoms with Gasteiger partial charge in [0, 0.05) is 0 Å². The second kappa shape index (κ2) is 23.6. The van der Waals surface area contributed by atoms with Gasteiger partial charge >= 0.3 is 21.8 Å². The van der Waals surface area contributed by atoms with Crippen molar-refractivity contribution in [3.63, 3.8) is 0 Å². The normalized spacial score (nSPS) is 9.53. The first-order valence-corrected chi connectivity index (χ1v) is 8.62. The molecule has 0 spiro atoms. The molecule has 16 heteroatoms. The first-order valence-electron chi connectivity index (χ1n) is 8.62. The molecule has 3 aromatic rings. The van der Waals surface area contributed by atoms with Gasteiger partial charge in [-0.2, -0.15) is 9.90 Å². The third kappa shape index (κ3) is 99.9. The van der Waals surface area contributed by atoms with E-state index in [1.165, 1.54) is 0 Å². The van der Waals surface area contributed by atoms with Gasteiger partial charge in [-0.25, -0.2) is 0 Å². The van der Waals surface area contributed by atoms with Crippen molar-refractivity contribution in [3.05, 3.63) is 109 Å². The Morgan fingerprint density at radius 3 is 0.265 bits per heavy atom. The van der Waals surface area contributed by atoms with Crippen LogP contribution >= 0.6 is 9.90 Å². The highest BCUT2D eigenvalue weighted by Crippen LogP contribution is 2.07. The highest BCUT2D eigenvalue weighted by molar-refractivity contribution is 6.92. The molecule has 0 aliphatic heterocycles. The van der Waals surface area contributed by atoms with Crippen molar-refractivity contribution in [3.8, 4) is 0 Å². The van der Waals surface area contributed by atoms with Crippen molar-refractivity contribution in [1.82, 2.24) is 0 Å². The average Bonchev–Trinajstić information content (AvgIpc) is 2.69. The van der Waals surface area contributed by atoms with E-state index in [-0.39, 0.29) is 9.90 Å². The van der Waals surface area contributed by atoms with E-state index in [9.17, 15) is 51.8 Å². The van der Waals surface area contributed by atoms with E-state index in [0.29, 0.717) is 0 Å². The predicted molar refractivity (Wildman–Crippen MR) is 121 cm³/mol. The molecule has 0 saturated heterocycles. The maximum Gasteiger partial charge on any atom is 0.673 e. The van der Waals surface area contributed by atoms with Crippen LogP contribution in [0, 0.1) is 0 Å². The Morgan fingerprint density at radius 1 is 0.206 bits per heavy atom. The molecule has 34 heavy (non-hydrogen) atoms. The van der Waals surface area contributed by atoms with Gasteiger partial charge in [-0.15, -0.1) is 0 Å². The van der Waals surface area contributed by atoms with E-state index >= 15 is 0 Å². The molecule has 1 atom stereocenters. The molecule has 0 radical (unpaired) electrons. The zero-order valence-electron chi connectivity index (χ0n) is 17.4. The second-order valence-electron chi connectivity index (χ2n) is 4.95. The van der Waals surface area contributed by atoms with E-state index in [2.05, 4.69) is 0 Å². The highest BCUT2D eigenvalue weighted by Gasteiger charge is 2.21. The van der Waals surface area contributed by atoms with Crippen LogP contribution in [-0.4, -0.2) is 21.8 Å². The summed E-state index contributed by atoms with van der Waals surface area (Å²) < 4.78 is 117. The lowest BCUT2D eigenvalue weighted by Crippen LogP contribution is -2.02. The van der Waals surface area contributed by atoms with Crippen LogP contribution in [0.15, 0.2) is 109 Å². The van der Waals surface area contributed by atoms with Crippen molar-refractivity contribution in [2.45, 2.75) is 0 Å². The quantitative estimate of drug-likeness (QED) is 0.155. The van der Waals surface area contributed by atoms with Crippen LogP contribution in [0.5, 0.6) is 0 Å². The number of benzene rings is 3. The van der Waals surface area contributed by atoms with Gasteiger partial charge in [0.1, 0.15) is 0 Å². The maximum atomic E-state index is 9.75. The third-order valence-corrected chi connectivity index (χ3v) is 2.00. The molecule has 3 aromatic carbocycles. The lowest BCUT2D eigenvalue weighted by Gasteiger charge is -1.94. The van der Waals surface area contributed by atoms with E-state index in [0.717, 1.165) is 0 Å². The minimum absolute atomic E-state index is 0. The van der Waals surface area contributed by atoms with Crippen molar-refractivity contribution in [1.29, 1.82) is 0 Å². The standard InChI is InChI=1S/3C6H6.3BF4.H3P/c3*1-2-4-6-5-3-1;3*2-1(3,4)5;/h3*1-6H;;;;1H3/q;;;3*-1;. The van der Waals surface area contributed by atoms with E-state index in [1.807, 2.05) is 109 Å². The van der Waals surface area contributed by atoms with Gasteiger partial charge in [0.25, 0.3) is 0 Å². The molecule has 3 rings (SSSR count). The summed E-state index contributed by atoms with van der Waals surface area (Å²) in [6.07, 6.45) is 0. The van der Waals surface area contributed by atoms with Crippen LogP contribution in [0.25, 0.3) is 0 Å². The van der Waals surface area contributed by atoms with Gasteiger partial charge in [0.2, 0.25) is 0 Å². The summed E-state index contributed by atoms with van der Waals surface area (Å²) >= 11 is 0. The van der Waals surface area contributed by atoms with Gasteiger partial charge in [0.05, 0.1) is 0 Å². The van der Waals surface area contributed by atoms with Crippen LogP contribution in [0.4, 0.5) is 51.8 Å². The van der Waals surface area contributed by atoms with Gasteiger partial charge in [-0.1, -0.05) is 109 Å². The van der Waals surface area contributed by atoms with E-state index < -0.39 is 21.8 Å². The molecular weight excluding hydrogens is 508 g/mol. The summed E-state index contributed by atoms with van der Waals surface area (Å²) in [6.45, 7) is 0. The van der Waals surface area contributed by atoms with Gasteiger partial charge in [0.15, 0.2) is 0 Å². The first kappa shape index (κ1) is 38.7. The Labute approximate surface area is 193 Å². The minimum Gasteiger partial charge on any atom is -0.418 e. The zero-order valence-corrected chi connectivity index (χ0v) is 18.8. The first-order chi connectivity index (χ1) is 15.0. The summed E-state index contributed by atoms with van der Waals surface area (Å²) in [5.41, 5.74) is 0. The van der Waals surface area contributed by atoms with Crippen molar-refractivity contribution in [2.75, 3.05) is 0 Å². The fraction of sp³-hybridized carbons (Fsp3) is 0. The van der Waals surface area contributed by atoms with Crippen LogP contribution in [0.3, 0.4) is 0 Å². The maximum absolute atomic E-state index is 9.75. The van der Waals surface area contributed by atoms with Gasteiger partial charge in [-0.3, -0.25) is 0 Å². The summed E-state index contributed by atoms with van der Waals surface area (Å²) in [7, 11) is -18.0. The topological polar surface area (TPSA) is 0 Å². The summed E-state index contributed by atoms with van der Waals surface area (Å²) in [6, 6.07) is 36.0. The molecule has 0 aliphatic rings. The molecule has 1 unspecified atom stereocenters. The molecule has 0 amide bonds. The molecule has 0 nitrogen and oxygen atoms in total. The molecule has 194 valence electrons. The number of hydrogen-bond acceptors (Lipinski definition) is 0. The smallest absolute Gasteiger partial charge is 0.418 e. The molecule has 0 fully saturated rings. The zero-order chi connectivity index (χ0) is 26.2. The lowest BCUT2D eigenvalue weighted by molar-refractivity contribution is 0.366. The summed E-state index contributed by atoms with van der Waals surface area (Å²) in [5.74, 6) is 0. The molecule has 0 heterocycles. The Bertz CT molecular complexity index is 527. The summed E-state index contributed by atoms with van der Waals surface area (Å²) in [5, 5.41) is 0. The van der Waals surface area contributed by atoms with Crippen LogP contribution in [0.1, 0.15) is 0 Å². The van der Waals surface area contributed by atoms with Crippen molar-refractivity contribution in [2.24, 2.45) is 0 Å². The fourth-order valence-electron chi connectivity index (χ4n) is 1.15. The molecule has 0 aliphatic carbocycles. The third-order valence-electron chi connectivity index (χ3n) is 2.00. The molecule has 0 bridgehead atoms. The molecular formula is C18H21B3F12P-3. The molecule has 0 aromatic heterocycles. The van der Waals surface area contributed by atoms with Gasteiger partial charge in [-0.05, 0) is 0 Å². The van der Waals surface area contributed by atoms with E-state index in [4.69, 9.17) is 0 Å². The predicted octanol–water partition coefficient (Wildman–Crippen LogP) is 9.02.